The minimum Gasteiger partial charge on any atom is -0.497 e. The summed E-state index contributed by atoms with van der Waals surface area (Å²) in [4.78, 5) is 21.4. The topological polar surface area (TPSA) is 134 Å². The van der Waals surface area contributed by atoms with E-state index in [4.69, 9.17) is 19.3 Å². The fourth-order valence-electron chi connectivity index (χ4n) is 3.38. The number of amides is 1. The van der Waals surface area contributed by atoms with Crippen molar-refractivity contribution in [1.29, 1.82) is 0 Å². The number of aromatic nitrogens is 5. The Bertz CT molecular complexity index is 1100. The van der Waals surface area contributed by atoms with Crippen LogP contribution < -0.4 is 10.1 Å². The average molecular weight is 454 g/mol. The third-order valence-corrected chi connectivity index (χ3v) is 5.09. The lowest BCUT2D eigenvalue weighted by Gasteiger charge is -2.28. The van der Waals surface area contributed by atoms with E-state index in [0.29, 0.717) is 43.5 Å². The number of hydrogen-bond acceptors (Lipinski definition) is 9. The largest absolute Gasteiger partial charge is 0.497 e. The molecule has 11 nitrogen and oxygen atoms in total. The van der Waals surface area contributed by atoms with Gasteiger partial charge >= 0.3 is 0 Å². The number of aliphatic hydroxyl groups is 1. The number of nitrogens with one attached hydrogen (secondary N) is 1. The van der Waals surface area contributed by atoms with E-state index >= 15 is 0 Å². The first kappa shape index (κ1) is 22.8. The van der Waals surface area contributed by atoms with Gasteiger partial charge in [0.1, 0.15) is 35.2 Å². The van der Waals surface area contributed by atoms with Crippen molar-refractivity contribution in [3.05, 3.63) is 53.6 Å². The lowest BCUT2D eigenvalue weighted by molar-refractivity contribution is -0.149. The molecule has 33 heavy (non-hydrogen) atoms. The Kier molecular flexibility index (Phi) is 7.23. The van der Waals surface area contributed by atoms with Gasteiger partial charge in [-0.25, -0.2) is 14.6 Å². The minimum atomic E-state index is -0.317. The SMILES string of the molecule is COc1cccc(CNC(=O)c2cc(-c3cn(C[C@H]4CO[C@H](CO)CO4)nn3)nc(C)n2)c1. The summed E-state index contributed by atoms with van der Waals surface area (Å²) in [5, 5.41) is 20.3. The van der Waals surface area contributed by atoms with Crippen molar-refractivity contribution in [3.8, 4) is 17.1 Å². The molecule has 1 aliphatic rings. The number of benzene rings is 1. The fraction of sp³-hybridized carbons (Fsp3) is 0.409. The Morgan fingerprint density at radius 3 is 2.79 bits per heavy atom. The summed E-state index contributed by atoms with van der Waals surface area (Å²) >= 11 is 0. The highest BCUT2D eigenvalue weighted by molar-refractivity contribution is 5.93. The molecule has 3 aromatic rings. The van der Waals surface area contributed by atoms with Crippen LogP contribution in [0.1, 0.15) is 21.9 Å². The third kappa shape index (κ3) is 5.89. The summed E-state index contributed by atoms with van der Waals surface area (Å²) in [5.74, 6) is 0.860. The normalized spacial score (nSPS) is 18.2. The van der Waals surface area contributed by atoms with Crippen molar-refractivity contribution in [2.75, 3.05) is 26.9 Å². The molecule has 0 spiro atoms. The van der Waals surface area contributed by atoms with Crippen LogP contribution in [0.4, 0.5) is 0 Å². The van der Waals surface area contributed by atoms with E-state index in [1.807, 2.05) is 24.3 Å². The highest BCUT2D eigenvalue weighted by atomic mass is 16.6. The molecule has 0 saturated carbocycles. The van der Waals surface area contributed by atoms with Gasteiger partial charge in [-0.3, -0.25) is 4.79 Å². The van der Waals surface area contributed by atoms with Gasteiger partial charge in [-0.1, -0.05) is 17.3 Å². The zero-order valence-electron chi connectivity index (χ0n) is 18.5. The van der Waals surface area contributed by atoms with Crippen molar-refractivity contribution in [1.82, 2.24) is 30.3 Å². The molecule has 1 amide bonds. The number of carbonyl (C=O) groups excluding carboxylic acids is 1. The molecule has 0 unspecified atom stereocenters. The van der Waals surface area contributed by atoms with Crippen LogP contribution in [0.25, 0.3) is 11.4 Å². The monoisotopic (exact) mass is 454 g/mol. The molecule has 1 aliphatic heterocycles. The summed E-state index contributed by atoms with van der Waals surface area (Å²) in [7, 11) is 1.60. The number of ether oxygens (including phenoxy) is 3. The molecule has 4 rings (SSSR count). The lowest BCUT2D eigenvalue weighted by atomic mass is 10.2. The summed E-state index contributed by atoms with van der Waals surface area (Å²) in [6.07, 6.45) is 1.26. The number of carbonyl (C=O) groups is 1. The zero-order chi connectivity index (χ0) is 23.2. The number of methoxy groups -OCH3 is 1. The number of aliphatic hydroxyl groups excluding tert-OH is 1. The van der Waals surface area contributed by atoms with Gasteiger partial charge in [0.05, 0.1) is 45.4 Å². The number of nitrogens with zero attached hydrogens (tertiary/aromatic N) is 5. The first-order valence-electron chi connectivity index (χ1n) is 10.6. The van der Waals surface area contributed by atoms with E-state index in [9.17, 15) is 4.79 Å². The molecular formula is C22H26N6O5. The number of hydrogen-bond donors (Lipinski definition) is 2. The Morgan fingerprint density at radius 1 is 1.21 bits per heavy atom. The predicted molar refractivity (Wildman–Crippen MR) is 117 cm³/mol. The van der Waals surface area contributed by atoms with Gasteiger partial charge in [0.2, 0.25) is 0 Å². The van der Waals surface area contributed by atoms with Crippen LogP contribution in [0.15, 0.2) is 36.5 Å². The van der Waals surface area contributed by atoms with Crippen LogP contribution in [-0.2, 0) is 22.6 Å². The van der Waals surface area contributed by atoms with E-state index in [-0.39, 0.29) is 30.4 Å². The second-order valence-electron chi connectivity index (χ2n) is 7.64. The van der Waals surface area contributed by atoms with Crippen LogP contribution in [0.3, 0.4) is 0 Å². The van der Waals surface area contributed by atoms with Gasteiger partial charge in [0.15, 0.2) is 0 Å². The van der Waals surface area contributed by atoms with Gasteiger partial charge in [-0.2, -0.15) is 0 Å². The fourth-order valence-corrected chi connectivity index (χ4v) is 3.38. The first-order valence-corrected chi connectivity index (χ1v) is 10.6. The highest BCUT2D eigenvalue weighted by Gasteiger charge is 2.23. The van der Waals surface area contributed by atoms with Crippen LogP contribution in [0, 0.1) is 6.92 Å². The quantitative estimate of drug-likeness (QED) is 0.506. The standard InChI is InChI=1S/C22H26N6O5/c1-14-24-19(21-10-28(27-26-21)9-17-12-33-18(11-29)13-32-17)7-20(25-14)22(30)23-8-15-4-3-5-16(6-15)31-2/h3-7,10,17-18,29H,8-9,11-13H2,1-2H3,(H,23,30)/t17-,18+/m0/s1. The Balaban J connectivity index is 1.41. The second kappa shape index (κ2) is 10.5. The first-order chi connectivity index (χ1) is 16.0. The molecule has 2 N–H and O–H groups in total. The van der Waals surface area contributed by atoms with Crippen molar-refractivity contribution < 1.29 is 24.1 Å². The van der Waals surface area contributed by atoms with Crippen molar-refractivity contribution in [2.24, 2.45) is 0 Å². The molecule has 2 aromatic heterocycles. The van der Waals surface area contributed by atoms with Crippen molar-refractivity contribution in [3.63, 3.8) is 0 Å². The maximum Gasteiger partial charge on any atom is 0.270 e. The van der Waals surface area contributed by atoms with Crippen molar-refractivity contribution >= 4 is 5.91 Å². The molecular weight excluding hydrogens is 428 g/mol. The molecule has 11 heteroatoms. The van der Waals surface area contributed by atoms with Gasteiger partial charge in [-0.15, -0.1) is 5.10 Å². The van der Waals surface area contributed by atoms with E-state index < -0.39 is 0 Å². The molecule has 3 heterocycles. The van der Waals surface area contributed by atoms with Gasteiger partial charge in [-0.05, 0) is 30.7 Å². The maximum atomic E-state index is 12.7. The number of aryl methyl sites for hydroxylation is 1. The predicted octanol–water partition coefficient (Wildman–Crippen LogP) is 0.758. The molecule has 174 valence electrons. The van der Waals surface area contributed by atoms with Gasteiger partial charge < -0.3 is 24.6 Å². The molecule has 0 aliphatic carbocycles. The highest BCUT2D eigenvalue weighted by Crippen LogP contribution is 2.17. The average Bonchev–Trinajstić information content (AvgIpc) is 3.31. The Labute approximate surface area is 190 Å². The number of rotatable bonds is 8. The molecule has 0 bridgehead atoms. The van der Waals surface area contributed by atoms with Gasteiger partial charge in [0.25, 0.3) is 5.91 Å². The van der Waals surface area contributed by atoms with Crippen LogP contribution in [0.2, 0.25) is 0 Å². The Hall–Kier alpha value is -3.41. The molecule has 1 fully saturated rings. The summed E-state index contributed by atoms with van der Waals surface area (Å²) in [6, 6.07) is 9.07. The van der Waals surface area contributed by atoms with Gasteiger partial charge in [0, 0.05) is 6.54 Å². The molecule has 2 atom stereocenters. The zero-order valence-corrected chi connectivity index (χ0v) is 18.5. The lowest BCUT2D eigenvalue weighted by Crippen LogP contribution is -2.39. The van der Waals surface area contributed by atoms with Crippen LogP contribution in [-0.4, -0.2) is 75.1 Å². The van der Waals surface area contributed by atoms with E-state index in [0.717, 1.165) is 11.3 Å². The molecule has 1 saturated heterocycles. The van der Waals surface area contributed by atoms with E-state index in [1.54, 1.807) is 31.0 Å². The van der Waals surface area contributed by atoms with Crippen molar-refractivity contribution in [2.45, 2.75) is 32.2 Å². The summed E-state index contributed by atoms with van der Waals surface area (Å²) in [5.41, 5.74) is 2.18. The maximum absolute atomic E-state index is 12.7. The minimum absolute atomic E-state index is 0.0668. The third-order valence-electron chi connectivity index (χ3n) is 5.09. The van der Waals surface area contributed by atoms with E-state index in [1.165, 1.54) is 0 Å². The smallest absolute Gasteiger partial charge is 0.270 e. The summed E-state index contributed by atoms with van der Waals surface area (Å²) < 4.78 is 18.1. The summed E-state index contributed by atoms with van der Waals surface area (Å²) in [6.45, 7) is 3.14. The second-order valence-corrected chi connectivity index (χ2v) is 7.64. The molecule has 0 radical (unpaired) electrons. The molecule has 1 aromatic carbocycles. The Morgan fingerprint density at radius 2 is 2.03 bits per heavy atom. The van der Waals surface area contributed by atoms with Crippen LogP contribution >= 0.6 is 0 Å². The van der Waals surface area contributed by atoms with Crippen LogP contribution in [0.5, 0.6) is 5.75 Å². The van der Waals surface area contributed by atoms with E-state index in [2.05, 4.69) is 25.6 Å².